The third kappa shape index (κ3) is 2.66. The Balaban J connectivity index is 1.87. The van der Waals surface area contributed by atoms with Gasteiger partial charge in [0.15, 0.2) is 0 Å². The summed E-state index contributed by atoms with van der Waals surface area (Å²) in [6.07, 6.45) is 1.63. The Morgan fingerprint density at radius 3 is 3.06 bits per heavy atom. The fraction of sp³-hybridized carbons (Fsp3) is 0.462. The molecule has 2 heterocycles. The molecule has 0 saturated carbocycles. The highest BCUT2D eigenvalue weighted by Crippen LogP contribution is 2.25. The van der Waals surface area contributed by atoms with E-state index in [2.05, 4.69) is 9.88 Å². The molecule has 1 aromatic rings. The molecular formula is C13H15N3O2. The number of carboxylic acids is 1. The Hall–Kier alpha value is -1.93. The lowest BCUT2D eigenvalue weighted by Gasteiger charge is -2.41. The maximum atomic E-state index is 10.8. The topological polar surface area (TPSA) is 77.2 Å². The molecule has 0 bridgehead atoms. The quantitative estimate of drug-likeness (QED) is 0.859. The van der Waals surface area contributed by atoms with Gasteiger partial charge in [-0.2, -0.15) is 5.26 Å². The maximum absolute atomic E-state index is 10.8. The van der Waals surface area contributed by atoms with Gasteiger partial charge in [0.2, 0.25) is 0 Å². The third-order valence-electron chi connectivity index (χ3n) is 3.43. The molecule has 0 radical (unpaired) electrons. The number of nitriles is 1. The Morgan fingerprint density at radius 1 is 1.72 bits per heavy atom. The van der Waals surface area contributed by atoms with Crippen molar-refractivity contribution in [2.45, 2.75) is 13.5 Å². The van der Waals surface area contributed by atoms with Gasteiger partial charge in [0, 0.05) is 25.8 Å². The number of carbonyl (C=O) groups is 1. The largest absolute Gasteiger partial charge is 0.481 e. The van der Waals surface area contributed by atoms with Gasteiger partial charge in [-0.15, -0.1) is 0 Å². The number of hydrogen-bond acceptors (Lipinski definition) is 4. The lowest BCUT2D eigenvalue weighted by molar-refractivity contribution is -0.145. The zero-order chi connectivity index (χ0) is 13.1. The van der Waals surface area contributed by atoms with E-state index in [0.717, 1.165) is 25.2 Å². The molecule has 1 saturated heterocycles. The number of pyridine rings is 1. The molecule has 1 N–H and O–H groups in total. The van der Waals surface area contributed by atoms with E-state index in [1.54, 1.807) is 19.2 Å². The van der Waals surface area contributed by atoms with Gasteiger partial charge in [0.1, 0.15) is 11.8 Å². The maximum Gasteiger partial charge on any atom is 0.306 e. The Morgan fingerprint density at radius 2 is 2.44 bits per heavy atom. The number of nitrogens with zero attached hydrogens (tertiary/aromatic N) is 3. The highest BCUT2D eigenvalue weighted by atomic mass is 16.4. The van der Waals surface area contributed by atoms with Crippen LogP contribution in [0.3, 0.4) is 0 Å². The van der Waals surface area contributed by atoms with Crippen molar-refractivity contribution in [3.05, 3.63) is 29.6 Å². The van der Waals surface area contributed by atoms with Crippen LogP contribution in [0.15, 0.2) is 18.3 Å². The number of likely N-dealkylation sites (tertiary alicyclic amines) is 1. The smallest absolute Gasteiger partial charge is 0.306 e. The summed E-state index contributed by atoms with van der Waals surface area (Å²) in [5, 5.41) is 17.7. The highest BCUT2D eigenvalue weighted by molar-refractivity contribution is 5.70. The zero-order valence-electron chi connectivity index (χ0n) is 10.2. The second-order valence-electron chi connectivity index (χ2n) is 4.74. The van der Waals surface area contributed by atoms with Crippen LogP contribution in [0.1, 0.15) is 18.2 Å². The molecule has 0 aromatic carbocycles. The van der Waals surface area contributed by atoms with Crippen molar-refractivity contribution >= 4 is 5.97 Å². The van der Waals surface area contributed by atoms with Crippen LogP contribution in [0.2, 0.25) is 0 Å². The van der Waals surface area contributed by atoms with Crippen LogP contribution in [-0.2, 0) is 11.3 Å². The summed E-state index contributed by atoms with van der Waals surface area (Å²) in [6, 6.07) is 5.67. The van der Waals surface area contributed by atoms with Gasteiger partial charge in [0.05, 0.1) is 5.92 Å². The number of aromatic nitrogens is 1. The summed E-state index contributed by atoms with van der Waals surface area (Å²) < 4.78 is 0. The average molecular weight is 245 g/mol. The van der Waals surface area contributed by atoms with Crippen molar-refractivity contribution in [2.24, 2.45) is 11.8 Å². The minimum Gasteiger partial charge on any atom is -0.481 e. The Labute approximate surface area is 106 Å². The van der Waals surface area contributed by atoms with Crippen LogP contribution in [0.25, 0.3) is 0 Å². The number of hydrogen-bond donors (Lipinski definition) is 1. The van der Waals surface area contributed by atoms with Crippen molar-refractivity contribution in [1.82, 2.24) is 9.88 Å². The van der Waals surface area contributed by atoms with E-state index >= 15 is 0 Å². The van der Waals surface area contributed by atoms with Gasteiger partial charge in [-0.3, -0.25) is 9.69 Å². The molecule has 1 aliphatic heterocycles. The molecule has 0 spiro atoms. The van der Waals surface area contributed by atoms with E-state index in [9.17, 15) is 4.79 Å². The second-order valence-corrected chi connectivity index (χ2v) is 4.74. The summed E-state index contributed by atoms with van der Waals surface area (Å²) in [6.45, 7) is 4.11. The van der Waals surface area contributed by atoms with E-state index in [4.69, 9.17) is 10.4 Å². The van der Waals surface area contributed by atoms with Crippen molar-refractivity contribution < 1.29 is 9.90 Å². The monoisotopic (exact) mass is 245 g/mol. The average Bonchev–Trinajstić information content (AvgIpc) is 2.32. The molecule has 1 aliphatic rings. The lowest BCUT2D eigenvalue weighted by atomic mass is 9.87. The molecule has 94 valence electrons. The van der Waals surface area contributed by atoms with E-state index in [0.29, 0.717) is 5.69 Å². The summed E-state index contributed by atoms with van der Waals surface area (Å²) in [4.78, 5) is 16.9. The van der Waals surface area contributed by atoms with Crippen molar-refractivity contribution in [2.75, 3.05) is 13.1 Å². The molecule has 2 rings (SSSR count). The number of rotatable bonds is 4. The van der Waals surface area contributed by atoms with E-state index in [1.165, 1.54) is 0 Å². The summed E-state index contributed by atoms with van der Waals surface area (Å²) >= 11 is 0. The molecule has 1 fully saturated rings. The molecule has 1 aromatic heterocycles. The SMILES string of the molecule is CC(C(=O)O)C1CN(Cc2ccnc(C#N)c2)C1. The fourth-order valence-corrected chi connectivity index (χ4v) is 2.15. The molecule has 0 aliphatic carbocycles. The van der Waals surface area contributed by atoms with E-state index in [-0.39, 0.29) is 11.8 Å². The van der Waals surface area contributed by atoms with E-state index in [1.807, 2.05) is 12.1 Å². The molecule has 18 heavy (non-hydrogen) atoms. The minimum absolute atomic E-state index is 0.236. The van der Waals surface area contributed by atoms with Gasteiger partial charge < -0.3 is 5.11 Å². The van der Waals surface area contributed by atoms with Gasteiger partial charge in [-0.25, -0.2) is 4.98 Å². The molecule has 1 atom stereocenters. The number of carboxylic acid groups (broad SMARTS) is 1. The second kappa shape index (κ2) is 5.15. The minimum atomic E-state index is -0.727. The first-order valence-corrected chi connectivity index (χ1v) is 5.90. The van der Waals surface area contributed by atoms with Gasteiger partial charge in [-0.1, -0.05) is 6.92 Å². The summed E-state index contributed by atoms with van der Waals surface area (Å²) in [7, 11) is 0. The van der Waals surface area contributed by atoms with Gasteiger partial charge >= 0.3 is 5.97 Å². The van der Waals surface area contributed by atoms with Crippen molar-refractivity contribution in [3.8, 4) is 6.07 Å². The first-order chi connectivity index (χ1) is 8.60. The molecule has 5 heteroatoms. The predicted molar refractivity (Wildman–Crippen MR) is 64.5 cm³/mol. The van der Waals surface area contributed by atoms with Gasteiger partial charge in [0.25, 0.3) is 0 Å². The summed E-state index contributed by atoms with van der Waals surface area (Å²) in [5.41, 5.74) is 1.46. The zero-order valence-corrected chi connectivity index (χ0v) is 10.2. The van der Waals surface area contributed by atoms with Crippen LogP contribution >= 0.6 is 0 Å². The van der Waals surface area contributed by atoms with Gasteiger partial charge in [-0.05, 0) is 23.6 Å². The standard InChI is InChI=1S/C13H15N3O2/c1-9(13(17)18)11-7-16(8-11)6-10-2-3-15-12(4-10)5-14/h2-4,9,11H,6-8H2,1H3,(H,17,18). The van der Waals surface area contributed by atoms with Crippen LogP contribution in [0.4, 0.5) is 0 Å². The summed E-state index contributed by atoms with van der Waals surface area (Å²) in [5.74, 6) is -0.775. The normalized spacial score (nSPS) is 17.8. The van der Waals surface area contributed by atoms with Crippen LogP contribution in [0.5, 0.6) is 0 Å². The molecule has 5 nitrogen and oxygen atoms in total. The van der Waals surface area contributed by atoms with Crippen molar-refractivity contribution in [1.29, 1.82) is 5.26 Å². The Kier molecular flexibility index (Phi) is 3.58. The first kappa shape index (κ1) is 12.5. The predicted octanol–water partition coefficient (Wildman–Crippen LogP) is 1.11. The van der Waals surface area contributed by atoms with Crippen LogP contribution in [0, 0.1) is 23.2 Å². The Bertz CT molecular complexity index is 489. The van der Waals surface area contributed by atoms with Crippen LogP contribution < -0.4 is 0 Å². The third-order valence-corrected chi connectivity index (χ3v) is 3.43. The molecule has 1 unspecified atom stereocenters. The first-order valence-electron chi connectivity index (χ1n) is 5.90. The van der Waals surface area contributed by atoms with Crippen molar-refractivity contribution in [3.63, 3.8) is 0 Å². The fourth-order valence-electron chi connectivity index (χ4n) is 2.15. The molecular weight excluding hydrogens is 230 g/mol. The van der Waals surface area contributed by atoms with E-state index < -0.39 is 5.97 Å². The van der Waals surface area contributed by atoms with Crippen LogP contribution in [-0.4, -0.2) is 34.0 Å². The molecule has 0 amide bonds. The highest BCUT2D eigenvalue weighted by Gasteiger charge is 2.34. The lowest BCUT2D eigenvalue weighted by Crippen LogP contribution is -2.50. The number of aliphatic carboxylic acids is 1.